The fourth-order valence-electron chi connectivity index (χ4n) is 1.13. The molecule has 0 unspecified atom stereocenters. The summed E-state index contributed by atoms with van der Waals surface area (Å²) in [6, 6.07) is 1.99. The molecule has 0 atom stereocenters. The van der Waals surface area contributed by atoms with Gasteiger partial charge in [-0.3, -0.25) is 9.97 Å². The Morgan fingerprint density at radius 3 is 2.87 bits per heavy atom. The number of nitriles is 1. The van der Waals surface area contributed by atoms with Crippen LogP contribution in [0.25, 0.3) is 17.5 Å². The second-order valence-corrected chi connectivity index (χ2v) is 3.50. The van der Waals surface area contributed by atoms with Crippen LogP contribution in [0.15, 0.2) is 24.4 Å². The maximum atomic E-state index is 8.67. The summed E-state index contributed by atoms with van der Waals surface area (Å²) in [7, 11) is 0. The quantitative estimate of drug-likeness (QED) is 0.768. The van der Waals surface area contributed by atoms with Crippen molar-refractivity contribution >= 4 is 17.4 Å². The minimum Gasteiger partial charge on any atom is -0.253 e. The van der Waals surface area contributed by atoms with E-state index in [0.717, 1.165) is 0 Å². The van der Waals surface area contributed by atoms with E-state index >= 15 is 0 Å². The van der Waals surface area contributed by atoms with E-state index in [1.54, 1.807) is 23.8 Å². The van der Waals surface area contributed by atoms with Gasteiger partial charge in [-0.1, -0.05) is 6.58 Å². The fourth-order valence-corrected chi connectivity index (χ4v) is 1.72. The largest absolute Gasteiger partial charge is 0.253 e. The zero-order valence-electron chi connectivity index (χ0n) is 7.71. The maximum absolute atomic E-state index is 8.67. The summed E-state index contributed by atoms with van der Waals surface area (Å²) in [5.41, 5.74) is 2.00. The van der Waals surface area contributed by atoms with Crippen LogP contribution in [-0.4, -0.2) is 15.0 Å². The Hall–Kier alpha value is -2.06. The summed E-state index contributed by atoms with van der Waals surface area (Å²) < 4.78 is 0. The molecule has 0 fully saturated rings. The molecule has 2 rings (SSSR count). The standard InChI is InChI=1S/C10H6N4S/c1-2-7-10(13-4-3-12-7)8-6-15-9(5-11)14-8/h2-4,6H,1H2. The lowest BCUT2D eigenvalue weighted by Crippen LogP contribution is -1.91. The summed E-state index contributed by atoms with van der Waals surface area (Å²) in [4.78, 5) is 12.4. The van der Waals surface area contributed by atoms with Crippen molar-refractivity contribution < 1.29 is 0 Å². The second-order valence-electron chi connectivity index (χ2n) is 2.64. The average molecular weight is 214 g/mol. The first-order chi connectivity index (χ1) is 7.35. The van der Waals surface area contributed by atoms with Crippen LogP contribution in [0.2, 0.25) is 0 Å². The van der Waals surface area contributed by atoms with E-state index in [9.17, 15) is 0 Å². The van der Waals surface area contributed by atoms with Crippen molar-refractivity contribution in [1.29, 1.82) is 5.26 Å². The van der Waals surface area contributed by atoms with Gasteiger partial charge in [0.15, 0.2) is 5.01 Å². The lowest BCUT2D eigenvalue weighted by atomic mass is 10.2. The molecule has 0 radical (unpaired) electrons. The van der Waals surface area contributed by atoms with E-state index in [4.69, 9.17) is 5.26 Å². The first-order valence-corrected chi connectivity index (χ1v) is 5.02. The van der Waals surface area contributed by atoms with Gasteiger partial charge in [-0.25, -0.2) is 4.98 Å². The van der Waals surface area contributed by atoms with Gasteiger partial charge in [-0.15, -0.1) is 11.3 Å². The Bertz CT molecular complexity index is 538. The molecule has 4 nitrogen and oxygen atoms in total. The Morgan fingerprint density at radius 1 is 1.40 bits per heavy atom. The third-order valence-corrected chi connectivity index (χ3v) is 2.51. The van der Waals surface area contributed by atoms with E-state index < -0.39 is 0 Å². The van der Waals surface area contributed by atoms with Crippen LogP contribution in [0.4, 0.5) is 0 Å². The molecule has 5 heteroatoms. The maximum Gasteiger partial charge on any atom is 0.194 e. The predicted octanol–water partition coefficient (Wildman–Crippen LogP) is 2.11. The van der Waals surface area contributed by atoms with Gasteiger partial charge in [0.25, 0.3) is 0 Å². The molecule has 0 amide bonds. The van der Waals surface area contributed by atoms with Crippen molar-refractivity contribution in [3.8, 4) is 17.5 Å². The van der Waals surface area contributed by atoms with Crippen LogP contribution < -0.4 is 0 Å². The molecular formula is C10H6N4S. The van der Waals surface area contributed by atoms with Gasteiger partial charge < -0.3 is 0 Å². The molecule has 0 spiro atoms. The Labute approximate surface area is 90.6 Å². The van der Waals surface area contributed by atoms with Crippen molar-refractivity contribution in [3.63, 3.8) is 0 Å². The van der Waals surface area contributed by atoms with E-state index in [2.05, 4.69) is 21.5 Å². The van der Waals surface area contributed by atoms with Crippen LogP contribution in [0.5, 0.6) is 0 Å². The van der Waals surface area contributed by atoms with E-state index in [1.165, 1.54) is 11.3 Å². The van der Waals surface area contributed by atoms with Gasteiger partial charge >= 0.3 is 0 Å². The van der Waals surface area contributed by atoms with Crippen molar-refractivity contribution in [3.05, 3.63) is 35.1 Å². The minimum absolute atomic E-state index is 0.422. The number of thiazole rings is 1. The van der Waals surface area contributed by atoms with Crippen molar-refractivity contribution in [2.45, 2.75) is 0 Å². The predicted molar refractivity (Wildman–Crippen MR) is 57.9 cm³/mol. The molecule has 0 aliphatic carbocycles. The van der Waals surface area contributed by atoms with Crippen LogP contribution in [-0.2, 0) is 0 Å². The van der Waals surface area contributed by atoms with Gasteiger partial charge in [0.1, 0.15) is 17.5 Å². The molecule has 0 saturated heterocycles. The lowest BCUT2D eigenvalue weighted by molar-refractivity contribution is 1.17. The molecule has 0 N–H and O–H groups in total. The average Bonchev–Trinajstić information content (AvgIpc) is 2.77. The summed E-state index contributed by atoms with van der Waals surface area (Å²) >= 11 is 1.29. The molecule has 2 heterocycles. The number of hydrogen-bond acceptors (Lipinski definition) is 5. The normalized spacial score (nSPS) is 9.53. The molecular weight excluding hydrogens is 208 g/mol. The molecule has 72 valence electrons. The van der Waals surface area contributed by atoms with Crippen LogP contribution in [0, 0.1) is 11.3 Å². The molecule has 2 aromatic rings. The summed E-state index contributed by atoms with van der Waals surface area (Å²) in [6.07, 6.45) is 4.81. The van der Waals surface area contributed by atoms with Gasteiger partial charge in [-0.2, -0.15) is 5.26 Å². The van der Waals surface area contributed by atoms with Crippen LogP contribution >= 0.6 is 11.3 Å². The van der Waals surface area contributed by atoms with Gasteiger partial charge in [0.2, 0.25) is 0 Å². The smallest absolute Gasteiger partial charge is 0.194 e. The molecule has 15 heavy (non-hydrogen) atoms. The molecule has 0 bridgehead atoms. The molecule has 0 aliphatic heterocycles. The Balaban J connectivity index is 2.54. The van der Waals surface area contributed by atoms with Gasteiger partial charge in [0.05, 0.1) is 5.69 Å². The van der Waals surface area contributed by atoms with Crippen molar-refractivity contribution in [1.82, 2.24) is 15.0 Å². The third kappa shape index (κ3) is 1.75. The van der Waals surface area contributed by atoms with Gasteiger partial charge in [0, 0.05) is 17.8 Å². The molecule has 0 aromatic carbocycles. The summed E-state index contributed by atoms with van der Waals surface area (Å²) in [6.45, 7) is 3.65. The van der Waals surface area contributed by atoms with Crippen molar-refractivity contribution in [2.75, 3.05) is 0 Å². The highest BCUT2D eigenvalue weighted by molar-refractivity contribution is 7.10. The van der Waals surface area contributed by atoms with E-state index in [0.29, 0.717) is 22.1 Å². The van der Waals surface area contributed by atoms with Crippen LogP contribution in [0.3, 0.4) is 0 Å². The molecule has 2 aromatic heterocycles. The molecule has 0 saturated carbocycles. The Kier molecular flexibility index (Phi) is 2.52. The minimum atomic E-state index is 0.422. The third-order valence-electron chi connectivity index (χ3n) is 1.76. The number of hydrogen-bond donors (Lipinski definition) is 0. The van der Waals surface area contributed by atoms with Gasteiger partial charge in [-0.05, 0) is 6.08 Å². The Morgan fingerprint density at radius 2 is 2.20 bits per heavy atom. The highest BCUT2D eigenvalue weighted by Crippen LogP contribution is 2.22. The summed E-state index contributed by atoms with van der Waals surface area (Å²) in [5.74, 6) is 0. The summed E-state index contributed by atoms with van der Waals surface area (Å²) in [5, 5.41) is 10.9. The first-order valence-electron chi connectivity index (χ1n) is 4.14. The monoisotopic (exact) mass is 214 g/mol. The molecule has 0 aliphatic rings. The van der Waals surface area contributed by atoms with E-state index in [1.807, 2.05) is 6.07 Å². The zero-order chi connectivity index (χ0) is 10.7. The SMILES string of the molecule is C=Cc1nccnc1-c1csc(C#N)n1. The second kappa shape index (κ2) is 3.98. The highest BCUT2D eigenvalue weighted by atomic mass is 32.1. The number of aromatic nitrogens is 3. The first kappa shape index (κ1) is 9.49. The topological polar surface area (TPSA) is 62.5 Å². The number of rotatable bonds is 2. The van der Waals surface area contributed by atoms with Crippen molar-refractivity contribution in [2.24, 2.45) is 0 Å². The fraction of sp³-hybridized carbons (Fsp3) is 0. The highest BCUT2D eigenvalue weighted by Gasteiger charge is 2.09. The van der Waals surface area contributed by atoms with Crippen LogP contribution in [0.1, 0.15) is 10.7 Å². The van der Waals surface area contributed by atoms with E-state index in [-0.39, 0.29) is 0 Å². The number of nitrogens with zero attached hydrogens (tertiary/aromatic N) is 4. The lowest BCUT2D eigenvalue weighted by Gasteiger charge is -1.98. The zero-order valence-corrected chi connectivity index (χ0v) is 8.53.